The van der Waals surface area contributed by atoms with E-state index in [1.807, 2.05) is 4.90 Å². The second-order valence-corrected chi connectivity index (χ2v) is 5.88. The molecule has 6 nitrogen and oxygen atoms in total. The van der Waals surface area contributed by atoms with E-state index in [-0.39, 0.29) is 11.9 Å². The predicted molar refractivity (Wildman–Crippen MR) is 73.1 cm³/mol. The topological polar surface area (TPSA) is 71.3 Å². The smallest absolute Gasteiger partial charge is 0.239 e. The first-order chi connectivity index (χ1) is 9.72. The van der Waals surface area contributed by atoms with Crippen molar-refractivity contribution in [2.75, 3.05) is 19.6 Å². The number of aryl methyl sites for hydroxylation is 1. The maximum Gasteiger partial charge on any atom is 0.239 e. The van der Waals surface area contributed by atoms with Crippen LogP contribution in [0.1, 0.15) is 37.4 Å². The lowest BCUT2D eigenvalue weighted by Gasteiger charge is -2.34. The molecule has 0 bridgehead atoms. The van der Waals surface area contributed by atoms with E-state index in [1.165, 1.54) is 0 Å². The van der Waals surface area contributed by atoms with E-state index < -0.39 is 0 Å². The molecule has 0 aromatic carbocycles. The first-order valence-electron chi connectivity index (χ1n) is 7.54. The summed E-state index contributed by atoms with van der Waals surface area (Å²) in [6.07, 6.45) is 5.09. The molecule has 1 amide bonds. The third kappa shape index (κ3) is 3.00. The van der Waals surface area contributed by atoms with Crippen molar-refractivity contribution in [2.24, 2.45) is 5.92 Å². The summed E-state index contributed by atoms with van der Waals surface area (Å²) in [5, 5.41) is 7.25. The van der Waals surface area contributed by atoms with Gasteiger partial charge >= 0.3 is 0 Å². The predicted octanol–water partition coefficient (Wildman–Crippen LogP) is 0.911. The summed E-state index contributed by atoms with van der Waals surface area (Å²) in [7, 11) is 0. The molecule has 6 heteroatoms. The SMILES string of the molecule is Cc1nc(C[C@@H]2CCCN(C(=O)[C@@H]3CCCN3)C2)no1. The number of carbonyl (C=O) groups excluding carboxylic acids is 1. The summed E-state index contributed by atoms with van der Waals surface area (Å²) in [5.74, 6) is 2.10. The van der Waals surface area contributed by atoms with Gasteiger partial charge in [-0.05, 0) is 38.1 Å². The summed E-state index contributed by atoms with van der Waals surface area (Å²) in [6.45, 7) is 4.48. The lowest BCUT2D eigenvalue weighted by atomic mass is 9.94. The Bertz CT molecular complexity index is 467. The summed E-state index contributed by atoms with van der Waals surface area (Å²) >= 11 is 0. The molecule has 110 valence electrons. The van der Waals surface area contributed by atoms with Crippen molar-refractivity contribution in [2.45, 2.75) is 45.1 Å². The van der Waals surface area contributed by atoms with Crippen molar-refractivity contribution in [1.29, 1.82) is 0 Å². The molecule has 1 N–H and O–H groups in total. The molecule has 0 unspecified atom stereocenters. The van der Waals surface area contributed by atoms with Gasteiger partial charge in [0.1, 0.15) is 0 Å². The van der Waals surface area contributed by atoms with Gasteiger partial charge in [-0.25, -0.2) is 0 Å². The maximum absolute atomic E-state index is 12.4. The van der Waals surface area contributed by atoms with Crippen LogP contribution in [0.4, 0.5) is 0 Å². The zero-order valence-electron chi connectivity index (χ0n) is 12.0. The highest BCUT2D eigenvalue weighted by Gasteiger charge is 2.30. The number of nitrogens with zero attached hydrogens (tertiary/aromatic N) is 3. The Labute approximate surface area is 118 Å². The minimum Gasteiger partial charge on any atom is -0.341 e. The van der Waals surface area contributed by atoms with Crippen LogP contribution < -0.4 is 5.32 Å². The van der Waals surface area contributed by atoms with E-state index in [4.69, 9.17) is 4.52 Å². The molecule has 3 heterocycles. The second kappa shape index (κ2) is 5.91. The average molecular weight is 278 g/mol. The van der Waals surface area contributed by atoms with Gasteiger partial charge < -0.3 is 14.7 Å². The minimum absolute atomic E-state index is 0.0427. The van der Waals surface area contributed by atoms with Crippen LogP contribution in [0.5, 0.6) is 0 Å². The highest BCUT2D eigenvalue weighted by Crippen LogP contribution is 2.21. The van der Waals surface area contributed by atoms with Crippen LogP contribution >= 0.6 is 0 Å². The summed E-state index contributed by atoms with van der Waals surface area (Å²) in [5.41, 5.74) is 0. The Kier molecular flexibility index (Phi) is 4.00. The minimum atomic E-state index is 0.0427. The fourth-order valence-electron chi connectivity index (χ4n) is 3.23. The fourth-order valence-corrected chi connectivity index (χ4v) is 3.23. The van der Waals surface area contributed by atoms with Crippen molar-refractivity contribution in [3.63, 3.8) is 0 Å². The molecular weight excluding hydrogens is 256 g/mol. The lowest BCUT2D eigenvalue weighted by molar-refractivity contribution is -0.134. The Hall–Kier alpha value is -1.43. The van der Waals surface area contributed by atoms with Gasteiger partial charge in [-0.15, -0.1) is 0 Å². The molecule has 3 rings (SSSR count). The van der Waals surface area contributed by atoms with Crippen molar-refractivity contribution in [3.05, 3.63) is 11.7 Å². The van der Waals surface area contributed by atoms with Gasteiger partial charge in [-0.2, -0.15) is 4.98 Å². The molecule has 1 aromatic rings. The molecule has 0 spiro atoms. The van der Waals surface area contributed by atoms with Gasteiger partial charge in [0, 0.05) is 26.4 Å². The quantitative estimate of drug-likeness (QED) is 0.890. The standard InChI is InChI=1S/C14H22N4O2/c1-10-16-13(17-20-10)8-11-4-3-7-18(9-11)14(19)12-5-2-6-15-12/h11-12,15H,2-9H2,1H3/t11-,12-/m0/s1. The van der Waals surface area contributed by atoms with Crippen LogP contribution in [0, 0.1) is 12.8 Å². The Balaban J connectivity index is 1.57. The van der Waals surface area contributed by atoms with E-state index in [1.54, 1.807) is 6.92 Å². The molecule has 2 fully saturated rings. The maximum atomic E-state index is 12.4. The van der Waals surface area contributed by atoms with Crippen LogP contribution in [0.15, 0.2) is 4.52 Å². The van der Waals surface area contributed by atoms with Crippen LogP contribution in [0.25, 0.3) is 0 Å². The summed E-state index contributed by atoms with van der Waals surface area (Å²) in [4.78, 5) is 18.7. The highest BCUT2D eigenvalue weighted by atomic mass is 16.5. The molecule has 20 heavy (non-hydrogen) atoms. The number of likely N-dealkylation sites (tertiary alicyclic amines) is 1. The van der Waals surface area contributed by atoms with E-state index in [0.717, 1.165) is 57.6 Å². The molecular formula is C14H22N4O2. The van der Waals surface area contributed by atoms with Crippen LogP contribution in [-0.4, -0.2) is 46.6 Å². The average Bonchev–Trinajstić information content (AvgIpc) is 3.10. The molecule has 2 aliphatic rings. The number of carbonyl (C=O) groups is 1. The largest absolute Gasteiger partial charge is 0.341 e. The number of amides is 1. The highest BCUT2D eigenvalue weighted by molar-refractivity contribution is 5.82. The van der Waals surface area contributed by atoms with Crippen molar-refractivity contribution < 1.29 is 9.32 Å². The molecule has 2 atom stereocenters. The van der Waals surface area contributed by atoms with Gasteiger partial charge in [-0.3, -0.25) is 4.79 Å². The van der Waals surface area contributed by atoms with Crippen LogP contribution in [-0.2, 0) is 11.2 Å². The zero-order valence-corrected chi connectivity index (χ0v) is 12.0. The Morgan fingerprint density at radius 2 is 2.35 bits per heavy atom. The molecule has 0 saturated carbocycles. The van der Waals surface area contributed by atoms with Gasteiger partial charge in [0.25, 0.3) is 0 Å². The third-order valence-electron chi connectivity index (χ3n) is 4.23. The Morgan fingerprint density at radius 3 is 3.05 bits per heavy atom. The molecule has 0 radical (unpaired) electrons. The van der Waals surface area contributed by atoms with Crippen molar-refractivity contribution in [1.82, 2.24) is 20.4 Å². The monoisotopic (exact) mass is 278 g/mol. The fraction of sp³-hybridized carbons (Fsp3) is 0.786. The Morgan fingerprint density at radius 1 is 1.45 bits per heavy atom. The van der Waals surface area contributed by atoms with Gasteiger partial charge in [-0.1, -0.05) is 5.16 Å². The first kappa shape index (κ1) is 13.5. The van der Waals surface area contributed by atoms with Crippen LogP contribution in [0.3, 0.4) is 0 Å². The first-order valence-corrected chi connectivity index (χ1v) is 7.54. The van der Waals surface area contributed by atoms with E-state index >= 15 is 0 Å². The number of hydrogen-bond acceptors (Lipinski definition) is 5. The van der Waals surface area contributed by atoms with E-state index in [0.29, 0.717) is 11.8 Å². The van der Waals surface area contributed by atoms with Gasteiger partial charge in [0.05, 0.1) is 6.04 Å². The van der Waals surface area contributed by atoms with Gasteiger partial charge in [0.15, 0.2) is 5.82 Å². The summed E-state index contributed by atoms with van der Waals surface area (Å²) in [6, 6.07) is 0.0427. The number of rotatable bonds is 3. The lowest BCUT2D eigenvalue weighted by Crippen LogP contribution is -2.48. The van der Waals surface area contributed by atoms with Crippen LogP contribution in [0.2, 0.25) is 0 Å². The van der Waals surface area contributed by atoms with Crippen molar-refractivity contribution >= 4 is 5.91 Å². The number of hydrogen-bond donors (Lipinski definition) is 1. The molecule has 2 aliphatic heterocycles. The van der Waals surface area contributed by atoms with E-state index in [9.17, 15) is 4.79 Å². The number of aromatic nitrogens is 2. The second-order valence-electron chi connectivity index (χ2n) is 5.88. The number of nitrogens with one attached hydrogen (secondary N) is 1. The third-order valence-corrected chi connectivity index (χ3v) is 4.23. The van der Waals surface area contributed by atoms with E-state index in [2.05, 4.69) is 15.5 Å². The zero-order chi connectivity index (χ0) is 13.9. The summed E-state index contributed by atoms with van der Waals surface area (Å²) < 4.78 is 5.01. The normalized spacial score (nSPS) is 26.9. The molecule has 2 saturated heterocycles. The van der Waals surface area contributed by atoms with Crippen molar-refractivity contribution in [3.8, 4) is 0 Å². The van der Waals surface area contributed by atoms with Gasteiger partial charge in [0.2, 0.25) is 11.8 Å². The molecule has 1 aromatic heterocycles. The number of piperidine rings is 1. The molecule has 0 aliphatic carbocycles.